The summed E-state index contributed by atoms with van der Waals surface area (Å²) in [6, 6.07) is 7.91. The lowest BCUT2D eigenvalue weighted by Gasteiger charge is -2.07. The summed E-state index contributed by atoms with van der Waals surface area (Å²) in [4.78, 5) is 4.58. The van der Waals surface area contributed by atoms with Gasteiger partial charge in [-0.2, -0.15) is 0 Å². The van der Waals surface area contributed by atoms with Crippen LogP contribution in [0.1, 0.15) is 12.6 Å². The lowest BCUT2D eigenvalue weighted by molar-refractivity contribution is 0.342. The van der Waals surface area contributed by atoms with Crippen LogP contribution in [0.4, 0.5) is 0 Å². The molecular formula is C17H17Cl2N3O3S. The van der Waals surface area contributed by atoms with E-state index in [1.807, 2.05) is 35.9 Å². The van der Waals surface area contributed by atoms with Crippen LogP contribution in [0.2, 0.25) is 10.0 Å². The van der Waals surface area contributed by atoms with E-state index in [2.05, 4.69) is 9.71 Å². The summed E-state index contributed by atoms with van der Waals surface area (Å²) in [5.74, 6) is 0.692. The lowest BCUT2D eigenvalue weighted by Crippen LogP contribution is -2.26. The van der Waals surface area contributed by atoms with Crippen LogP contribution in [0.25, 0.3) is 5.65 Å². The smallest absolute Gasteiger partial charge is 0.240 e. The molecule has 0 spiro atoms. The number of halogens is 2. The third-order valence-corrected chi connectivity index (χ3v) is 5.87. The van der Waals surface area contributed by atoms with E-state index in [1.165, 1.54) is 18.2 Å². The molecule has 0 fully saturated rings. The molecule has 0 aliphatic heterocycles. The zero-order valence-corrected chi connectivity index (χ0v) is 16.3. The van der Waals surface area contributed by atoms with Gasteiger partial charge in [-0.1, -0.05) is 23.2 Å². The summed E-state index contributed by atoms with van der Waals surface area (Å²) >= 11 is 11.7. The van der Waals surface area contributed by atoms with Gasteiger partial charge < -0.3 is 9.14 Å². The summed E-state index contributed by atoms with van der Waals surface area (Å²) in [6.45, 7) is 2.66. The van der Waals surface area contributed by atoms with Gasteiger partial charge in [0.1, 0.15) is 0 Å². The number of hydrogen-bond donors (Lipinski definition) is 1. The number of ether oxygens (including phenoxy) is 1. The largest absolute Gasteiger partial charge is 0.490 e. The van der Waals surface area contributed by atoms with Crippen LogP contribution in [0, 0.1) is 0 Å². The minimum absolute atomic E-state index is 0.0699. The van der Waals surface area contributed by atoms with Gasteiger partial charge in [-0.15, -0.1) is 0 Å². The standard InChI is InChI=1S/C17H17Cl2N3O3S/c1-2-25-16-4-3-9-22-11-12(21-17(16)22)7-8-20-26(23,24)13-5-6-14(18)15(19)10-13/h3-6,9-11,20H,2,7-8H2,1H3. The molecule has 2 heterocycles. The highest BCUT2D eigenvalue weighted by Gasteiger charge is 2.15. The molecule has 9 heteroatoms. The molecule has 0 unspecified atom stereocenters. The summed E-state index contributed by atoms with van der Waals surface area (Å²) in [5.41, 5.74) is 1.46. The maximum absolute atomic E-state index is 12.3. The van der Waals surface area contributed by atoms with Gasteiger partial charge in [0, 0.05) is 25.4 Å². The molecule has 0 aliphatic carbocycles. The number of aromatic nitrogens is 2. The highest BCUT2D eigenvalue weighted by Crippen LogP contribution is 2.24. The maximum atomic E-state index is 12.3. The zero-order chi connectivity index (χ0) is 18.7. The fourth-order valence-electron chi connectivity index (χ4n) is 2.47. The molecule has 6 nitrogen and oxygen atoms in total. The molecule has 0 bridgehead atoms. The molecule has 0 saturated carbocycles. The first-order chi connectivity index (χ1) is 12.4. The van der Waals surface area contributed by atoms with Crippen molar-refractivity contribution in [3.63, 3.8) is 0 Å². The van der Waals surface area contributed by atoms with Crippen LogP contribution >= 0.6 is 23.2 Å². The number of rotatable bonds is 7. The fraction of sp³-hybridized carbons (Fsp3) is 0.235. The number of nitrogens with one attached hydrogen (secondary N) is 1. The second-order valence-electron chi connectivity index (χ2n) is 5.49. The van der Waals surface area contributed by atoms with E-state index in [0.717, 1.165) is 5.69 Å². The van der Waals surface area contributed by atoms with Gasteiger partial charge in [-0.3, -0.25) is 0 Å². The Morgan fingerprint density at radius 2 is 2.04 bits per heavy atom. The quantitative estimate of drug-likeness (QED) is 0.642. The Bertz CT molecular complexity index is 1030. The van der Waals surface area contributed by atoms with Crippen molar-refractivity contribution in [3.8, 4) is 5.75 Å². The average molecular weight is 414 g/mol. The molecule has 0 amide bonds. The van der Waals surface area contributed by atoms with Crippen molar-refractivity contribution in [2.24, 2.45) is 0 Å². The molecule has 138 valence electrons. The van der Waals surface area contributed by atoms with E-state index in [1.54, 1.807) is 0 Å². The minimum Gasteiger partial charge on any atom is -0.490 e. The molecule has 0 atom stereocenters. The Labute approximate surface area is 161 Å². The monoisotopic (exact) mass is 413 g/mol. The first kappa shape index (κ1) is 19.0. The maximum Gasteiger partial charge on any atom is 0.240 e. The molecule has 0 radical (unpaired) electrons. The van der Waals surface area contributed by atoms with Crippen LogP contribution in [-0.4, -0.2) is 31.0 Å². The van der Waals surface area contributed by atoms with Crippen molar-refractivity contribution in [2.45, 2.75) is 18.2 Å². The van der Waals surface area contributed by atoms with Crippen LogP contribution < -0.4 is 9.46 Å². The van der Waals surface area contributed by atoms with Crippen molar-refractivity contribution in [1.82, 2.24) is 14.1 Å². The van der Waals surface area contributed by atoms with Gasteiger partial charge in [-0.05, 0) is 37.3 Å². The number of pyridine rings is 1. The molecule has 0 saturated heterocycles. The van der Waals surface area contributed by atoms with Gasteiger partial charge in [0.2, 0.25) is 10.0 Å². The molecule has 1 N–H and O–H groups in total. The summed E-state index contributed by atoms with van der Waals surface area (Å²) in [7, 11) is -3.67. The second-order valence-corrected chi connectivity index (χ2v) is 8.07. The average Bonchev–Trinajstić information content (AvgIpc) is 3.01. The van der Waals surface area contributed by atoms with Gasteiger partial charge in [-0.25, -0.2) is 18.1 Å². The summed E-state index contributed by atoms with van der Waals surface area (Å²) in [5, 5.41) is 0.499. The highest BCUT2D eigenvalue weighted by atomic mass is 35.5. The number of imidazole rings is 1. The van der Waals surface area contributed by atoms with Crippen LogP contribution in [0.5, 0.6) is 5.75 Å². The van der Waals surface area contributed by atoms with E-state index in [4.69, 9.17) is 27.9 Å². The van der Waals surface area contributed by atoms with Crippen LogP contribution in [0.15, 0.2) is 47.6 Å². The van der Waals surface area contributed by atoms with Crippen molar-refractivity contribution in [1.29, 1.82) is 0 Å². The molecule has 3 aromatic rings. The normalized spacial score (nSPS) is 11.8. The van der Waals surface area contributed by atoms with Gasteiger partial charge in [0.05, 0.1) is 27.2 Å². The third kappa shape index (κ3) is 4.12. The number of sulfonamides is 1. The molecule has 1 aromatic carbocycles. The number of nitrogens with zero attached hydrogens (tertiary/aromatic N) is 2. The molecular weight excluding hydrogens is 397 g/mol. The zero-order valence-electron chi connectivity index (χ0n) is 13.9. The predicted octanol–water partition coefficient (Wildman–Crippen LogP) is 3.56. The van der Waals surface area contributed by atoms with Crippen molar-refractivity contribution in [2.75, 3.05) is 13.2 Å². The first-order valence-corrected chi connectivity index (χ1v) is 10.2. The molecule has 0 aliphatic rings. The third-order valence-electron chi connectivity index (χ3n) is 3.67. The Balaban J connectivity index is 1.70. The number of hydrogen-bond acceptors (Lipinski definition) is 4. The van der Waals surface area contributed by atoms with Crippen LogP contribution in [0.3, 0.4) is 0 Å². The summed E-state index contributed by atoms with van der Waals surface area (Å²) < 4.78 is 34.6. The Morgan fingerprint density at radius 3 is 2.77 bits per heavy atom. The lowest BCUT2D eigenvalue weighted by atomic mass is 10.3. The first-order valence-electron chi connectivity index (χ1n) is 7.95. The second kappa shape index (κ2) is 7.84. The van der Waals surface area contributed by atoms with E-state index in [-0.39, 0.29) is 16.5 Å². The van der Waals surface area contributed by atoms with E-state index in [0.29, 0.717) is 29.4 Å². The number of benzene rings is 1. The molecule has 3 rings (SSSR count). The van der Waals surface area contributed by atoms with Gasteiger partial charge in [0.25, 0.3) is 0 Å². The van der Waals surface area contributed by atoms with E-state index in [9.17, 15) is 8.42 Å². The minimum atomic E-state index is -3.67. The van der Waals surface area contributed by atoms with E-state index < -0.39 is 10.0 Å². The van der Waals surface area contributed by atoms with Gasteiger partial charge >= 0.3 is 0 Å². The summed E-state index contributed by atoms with van der Waals surface area (Å²) in [6.07, 6.45) is 4.16. The molecule has 26 heavy (non-hydrogen) atoms. The highest BCUT2D eigenvalue weighted by molar-refractivity contribution is 7.89. The molecule has 2 aromatic heterocycles. The van der Waals surface area contributed by atoms with Crippen molar-refractivity contribution < 1.29 is 13.2 Å². The van der Waals surface area contributed by atoms with Crippen molar-refractivity contribution in [3.05, 3.63) is 58.5 Å². The number of fused-ring (bicyclic) bond motifs is 1. The SMILES string of the molecule is CCOc1cccn2cc(CCNS(=O)(=O)c3ccc(Cl)c(Cl)c3)nc12. The predicted molar refractivity (Wildman–Crippen MR) is 102 cm³/mol. The topological polar surface area (TPSA) is 72.7 Å². The Hall–Kier alpha value is -1.80. The van der Waals surface area contributed by atoms with E-state index >= 15 is 0 Å². The fourth-order valence-corrected chi connectivity index (χ4v) is 3.89. The van der Waals surface area contributed by atoms with Crippen LogP contribution in [-0.2, 0) is 16.4 Å². The van der Waals surface area contributed by atoms with Crippen molar-refractivity contribution >= 4 is 38.9 Å². The Morgan fingerprint density at radius 1 is 1.23 bits per heavy atom. The van der Waals surface area contributed by atoms with Gasteiger partial charge in [0.15, 0.2) is 11.4 Å². The Kier molecular flexibility index (Phi) is 5.72.